The summed E-state index contributed by atoms with van der Waals surface area (Å²) < 4.78 is 20.2. The Morgan fingerprint density at radius 2 is 1.24 bits per heavy atom. The molecule has 0 aliphatic rings. The Bertz CT molecular complexity index is 695. The van der Waals surface area contributed by atoms with Crippen molar-refractivity contribution < 1.29 is 9.13 Å². The second kappa shape index (κ2) is 6.23. The zero-order valence-corrected chi connectivity index (χ0v) is 11.4. The Labute approximate surface area is 123 Å². The summed E-state index contributed by atoms with van der Waals surface area (Å²) in [6.45, 7) is 0. The lowest BCUT2D eigenvalue weighted by Gasteiger charge is -2.20. The third-order valence-electron chi connectivity index (χ3n) is 3.29. The molecule has 0 aromatic heterocycles. The maximum atomic E-state index is 14.1. The van der Waals surface area contributed by atoms with E-state index in [1.807, 2.05) is 66.7 Å². The molecule has 0 aliphatic heterocycles. The molecule has 0 fully saturated rings. The van der Waals surface area contributed by atoms with Crippen LogP contribution in [0.1, 0.15) is 17.2 Å². The second-order valence-corrected chi connectivity index (χ2v) is 4.74. The number of halogens is 1. The van der Waals surface area contributed by atoms with Gasteiger partial charge in [-0.3, -0.25) is 0 Å². The molecule has 0 saturated heterocycles. The molecular formula is C19H15FO. The van der Waals surface area contributed by atoms with Crippen molar-refractivity contribution in [3.05, 3.63) is 102 Å². The van der Waals surface area contributed by atoms with E-state index in [1.165, 1.54) is 6.07 Å². The molecule has 21 heavy (non-hydrogen) atoms. The van der Waals surface area contributed by atoms with Gasteiger partial charge in [-0.05, 0) is 23.8 Å². The first-order chi connectivity index (χ1) is 10.3. The monoisotopic (exact) mass is 278 g/mol. The van der Waals surface area contributed by atoms with Gasteiger partial charge in [-0.25, -0.2) is 4.39 Å². The van der Waals surface area contributed by atoms with Crippen LogP contribution < -0.4 is 4.74 Å². The summed E-state index contributed by atoms with van der Waals surface area (Å²) in [6, 6.07) is 25.9. The molecule has 0 amide bonds. The normalized spacial score (nSPS) is 11.9. The molecule has 2 heteroatoms. The third kappa shape index (κ3) is 3.11. The fraction of sp³-hybridized carbons (Fsp3) is 0.0526. The van der Waals surface area contributed by atoms with E-state index in [2.05, 4.69) is 0 Å². The van der Waals surface area contributed by atoms with Crippen LogP contribution in [0.15, 0.2) is 84.9 Å². The number of ether oxygens (including phenoxy) is 1. The summed E-state index contributed by atoms with van der Waals surface area (Å²) in [5, 5.41) is 0. The van der Waals surface area contributed by atoms with Gasteiger partial charge in [0.15, 0.2) is 6.10 Å². The van der Waals surface area contributed by atoms with Gasteiger partial charge in [0.25, 0.3) is 0 Å². The molecule has 3 aromatic rings. The minimum atomic E-state index is -0.463. The molecular weight excluding hydrogens is 263 g/mol. The van der Waals surface area contributed by atoms with E-state index in [4.69, 9.17) is 4.74 Å². The topological polar surface area (TPSA) is 9.23 Å². The van der Waals surface area contributed by atoms with Crippen molar-refractivity contribution in [1.82, 2.24) is 0 Å². The number of hydrogen-bond acceptors (Lipinski definition) is 1. The van der Waals surface area contributed by atoms with Crippen LogP contribution in [0.5, 0.6) is 5.75 Å². The first-order valence-electron chi connectivity index (χ1n) is 6.85. The van der Waals surface area contributed by atoms with Gasteiger partial charge in [-0.15, -0.1) is 0 Å². The SMILES string of the molecule is Fc1ccccc1C(Oc1ccccc1)c1ccccc1. The maximum absolute atomic E-state index is 14.1. The van der Waals surface area contributed by atoms with Crippen molar-refractivity contribution >= 4 is 0 Å². The molecule has 0 heterocycles. The Balaban J connectivity index is 2.02. The number of benzene rings is 3. The van der Waals surface area contributed by atoms with E-state index in [9.17, 15) is 4.39 Å². The Kier molecular flexibility index (Phi) is 3.97. The van der Waals surface area contributed by atoms with E-state index in [0.29, 0.717) is 5.56 Å². The van der Waals surface area contributed by atoms with Gasteiger partial charge >= 0.3 is 0 Å². The lowest BCUT2D eigenvalue weighted by molar-refractivity contribution is 0.241. The molecule has 1 unspecified atom stereocenters. The highest BCUT2D eigenvalue weighted by Gasteiger charge is 2.19. The maximum Gasteiger partial charge on any atom is 0.152 e. The first-order valence-corrected chi connectivity index (χ1v) is 6.85. The molecule has 0 aliphatic carbocycles. The van der Waals surface area contributed by atoms with E-state index < -0.39 is 6.10 Å². The van der Waals surface area contributed by atoms with Gasteiger partial charge < -0.3 is 4.74 Å². The van der Waals surface area contributed by atoms with Crippen LogP contribution in [0.25, 0.3) is 0 Å². The summed E-state index contributed by atoms with van der Waals surface area (Å²) in [7, 11) is 0. The molecule has 0 radical (unpaired) electrons. The molecule has 0 N–H and O–H groups in total. The molecule has 104 valence electrons. The minimum absolute atomic E-state index is 0.262. The highest BCUT2D eigenvalue weighted by atomic mass is 19.1. The predicted molar refractivity (Wildman–Crippen MR) is 81.8 cm³/mol. The third-order valence-corrected chi connectivity index (χ3v) is 3.29. The summed E-state index contributed by atoms with van der Waals surface area (Å²) in [5.41, 5.74) is 1.46. The van der Waals surface area contributed by atoms with Crippen LogP contribution in [0, 0.1) is 5.82 Å². The summed E-state index contributed by atoms with van der Waals surface area (Å²) >= 11 is 0. The van der Waals surface area contributed by atoms with Crippen LogP contribution in [0.4, 0.5) is 4.39 Å². The lowest BCUT2D eigenvalue weighted by Crippen LogP contribution is -2.11. The predicted octanol–water partition coefficient (Wildman–Crippen LogP) is 4.99. The average Bonchev–Trinajstić information content (AvgIpc) is 2.55. The van der Waals surface area contributed by atoms with Crippen molar-refractivity contribution in [1.29, 1.82) is 0 Å². The van der Waals surface area contributed by atoms with Gasteiger partial charge in [0, 0.05) is 5.56 Å². The summed E-state index contributed by atoms with van der Waals surface area (Å²) in [6.07, 6.45) is -0.463. The van der Waals surface area contributed by atoms with Crippen molar-refractivity contribution in [2.75, 3.05) is 0 Å². The van der Waals surface area contributed by atoms with Gasteiger partial charge in [0.2, 0.25) is 0 Å². The highest BCUT2D eigenvalue weighted by Crippen LogP contribution is 2.29. The lowest BCUT2D eigenvalue weighted by atomic mass is 10.0. The highest BCUT2D eigenvalue weighted by molar-refractivity contribution is 5.33. The largest absolute Gasteiger partial charge is 0.481 e. The van der Waals surface area contributed by atoms with Crippen LogP contribution in [-0.4, -0.2) is 0 Å². The zero-order valence-electron chi connectivity index (χ0n) is 11.4. The second-order valence-electron chi connectivity index (χ2n) is 4.74. The van der Waals surface area contributed by atoms with Crippen LogP contribution in [0.2, 0.25) is 0 Å². The minimum Gasteiger partial charge on any atom is -0.481 e. The van der Waals surface area contributed by atoms with Crippen molar-refractivity contribution in [2.45, 2.75) is 6.10 Å². The quantitative estimate of drug-likeness (QED) is 0.653. The van der Waals surface area contributed by atoms with E-state index in [0.717, 1.165) is 11.3 Å². The Hall–Kier alpha value is -2.61. The smallest absolute Gasteiger partial charge is 0.152 e. The molecule has 0 saturated carbocycles. The van der Waals surface area contributed by atoms with Gasteiger partial charge in [-0.1, -0.05) is 66.7 Å². The van der Waals surface area contributed by atoms with E-state index in [1.54, 1.807) is 12.1 Å². The number of rotatable bonds is 4. The zero-order chi connectivity index (χ0) is 14.5. The number of para-hydroxylation sites is 1. The fourth-order valence-electron chi connectivity index (χ4n) is 2.26. The van der Waals surface area contributed by atoms with Gasteiger partial charge in [-0.2, -0.15) is 0 Å². The van der Waals surface area contributed by atoms with E-state index >= 15 is 0 Å². The van der Waals surface area contributed by atoms with Gasteiger partial charge in [0.05, 0.1) is 0 Å². The Morgan fingerprint density at radius 1 is 0.667 bits per heavy atom. The van der Waals surface area contributed by atoms with Crippen LogP contribution in [0.3, 0.4) is 0 Å². The average molecular weight is 278 g/mol. The molecule has 3 aromatic carbocycles. The molecule has 3 rings (SSSR count). The van der Waals surface area contributed by atoms with Crippen molar-refractivity contribution in [2.24, 2.45) is 0 Å². The fourth-order valence-corrected chi connectivity index (χ4v) is 2.26. The van der Waals surface area contributed by atoms with Crippen molar-refractivity contribution in [3.8, 4) is 5.75 Å². The first kappa shape index (κ1) is 13.4. The van der Waals surface area contributed by atoms with Crippen LogP contribution >= 0.6 is 0 Å². The molecule has 1 nitrogen and oxygen atoms in total. The molecule has 0 bridgehead atoms. The Morgan fingerprint density at radius 3 is 1.90 bits per heavy atom. The van der Waals surface area contributed by atoms with Crippen LogP contribution in [-0.2, 0) is 0 Å². The summed E-state index contributed by atoms with van der Waals surface area (Å²) in [4.78, 5) is 0. The molecule has 1 atom stereocenters. The summed E-state index contributed by atoms with van der Waals surface area (Å²) in [5.74, 6) is 0.455. The standard InChI is InChI=1S/C19H15FO/c20-18-14-8-7-13-17(18)19(15-9-3-1-4-10-15)21-16-11-5-2-6-12-16/h1-14,19H. The molecule has 0 spiro atoms. The van der Waals surface area contributed by atoms with E-state index in [-0.39, 0.29) is 5.82 Å². The van der Waals surface area contributed by atoms with Gasteiger partial charge in [0.1, 0.15) is 11.6 Å². The number of hydrogen-bond donors (Lipinski definition) is 0. The van der Waals surface area contributed by atoms with Crippen molar-refractivity contribution in [3.63, 3.8) is 0 Å².